The minimum atomic E-state index is -0.218. The maximum Gasteiger partial charge on any atom is 0.241 e. The number of amides is 1. The van der Waals surface area contributed by atoms with Gasteiger partial charge in [0.1, 0.15) is 5.75 Å². The van der Waals surface area contributed by atoms with Crippen molar-refractivity contribution >= 4 is 28.8 Å². The van der Waals surface area contributed by atoms with Crippen LogP contribution in [0.3, 0.4) is 0 Å². The molecule has 1 heterocycles. The fourth-order valence-corrected chi connectivity index (χ4v) is 3.37. The lowest BCUT2D eigenvalue weighted by atomic mass is 9.99. The van der Waals surface area contributed by atoms with Crippen molar-refractivity contribution in [1.82, 2.24) is 4.90 Å². The molecule has 26 heavy (non-hydrogen) atoms. The van der Waals surface area contributed by atoms with Crippen LogP contribution in [0.5, 0.6) is 5.75 Å². The predicted octanol–water partition coefficient (Wildman–Crippen LogP) is 4.46. The Balaban J connectivity index is 1.61. The topological polar surface area (TPSA) is 41.6 Å². The number of anilines is 1. The fraction of sp³-hybridized carbons (Fsp3) is 0.286. The number of hydrogen-bond acceptors (Lipinski definition) is 3. The Labute approximate surface area is 159 Å². The van der Waals surface area contributed by atoms with Crippen molar-refractivity contribution in [3.8, 4) is 5.75 Å². The molecule has 2 aromatic carbocycles. The summed E-state index contributed by atoms with van der Waals surface area (Å²) in [6.45, 7) is 3.56. The monoisotopic (exact) mass is 370 g/mol. The minimum Gasteiger partial charge on any atom is -0.495 e. The molecule has 136 valence electrons. The first-order valence-electron chi connectivity index (χ1n) is 8.71. The van der Waals surface area contributed by atoms with Crippen LogP contribution in [0.15, 0.2) is 54.6 Å². The zero-order valence-electron chi connectivity index (χ0n) is 15.0. The highest BCUT2D eigenvalue weighted by Gasteiger charge is 2.23. The normalized spacial score (nSPS) is 15.9. The molecule has 0 spiro atoms. The third-order valence-electron chi connectivity index (χ3n) is 4.73. The summed E-state index contributed by atoms with van der Waals surface area (Å²) in [4.78, 5) is 14.8. The van der Waals surface area contributed by atoms with E-state index in [1.54, 1.807) is 25.3 Å². The summed E-state index contributed by atoms with van der Waals surface area (Å²) in [7, 11) is 1.56. The summed E-state index contributed by atoms with van der Waals surface area (Å²) < 4.78 is 5.13. The molecule has 0 saturated carbocycles. The minimum absolute atomic E-state index is 0.0391. The van der Waals surface area contributed by atoms with E-state index in [1.807, 2.05) is 13.0 Å². The highest BCUT2D eigenvalue weighted by molar-refractivity contribution is 6.32. The Kier molecular flexibility index (Phi) is 5.96. The molecule has 0 aromatic heterocycles. The first kappa shape index (κ1) is 18.5. The number of methoxy groups -OCH3 is 1. The van der Waals surface area contributed by atoms with Crippen molar-refractivity contribution in [3.63, 3.8) is 0 Å². The molecular weight excluding hydrogens is 348 g/mol. The van der Waals surface area contributed by atoms with Gasteiger partial charge in [0.25, 0.3) is 0 Å². The van der Waals surface area contributed by atoms with Crippen LogP contribution in [0.25, 0.3) is 5.57 Å². The van der Waals surface area contributed by atoms with Crippen LogP contribution in [0.4, 0.5) is 5.69 Å². The molecule has 1 atom stereocenters. The van der Waals surface area contributed by atoms with Crippen molar-refractivity contribution < 1.29 is 9.53 Å². The van der Waals surface area contributed by atoms with E-state index in [9.17, 15) is 4.79 Å². The molecule has 1 N–H and O–H groups in total. The van der Waals surface area contributed by atoms with Gasteiger partial charge in [0.05, 0.1) is 18.2 Å². The van der Waals surface area contributed by atoms with E-state index in [1.165, 1.54) is 11.1 Å². The number of benzene rings is 2. The zero-order valence-corrected chi connectivity index (χ0v) is 15.8. The molecule has 0 saturated heterocycles. The van der Waals surface area contributed by atoms with E-state index in [-0.39, 0.29) is 11.9 Å². The van der Waals surface area contributed by atoms with Crippen LogP contribution in [-0.2, 0) is 4.79 Å². The van der Waals surface area contributed by atoms with Gasteiger partial charge in [-0.1, -0.05) is 48.0 Å². The van der Waals surface area contributed by atoms with Crippen molar-refractivity contribution in [3.05, 3.63) is 65.2 Å². The number of nitrogens with zero attached hydrogens (tertiary/aromatic N) is 1. The molecule has 4 nitrogen and oxygen atoms in total. The summed E-state index contributed by atoms with van der Waals surface area (Å²) in [5, 5.41) is 3.41. The van der Waals surface area contributed by atoms with Gasteiger partial charge in [-0.25, -0.2) is 0 Å². The quantitative estimate of drug-likeness (QED) is 0.844. The third kappa shape index (κ3) is 4.26. The molecule has 0 unspecified atom stereocenters. The number of rotatable bonds is 5. The molecule has 1 amide bonds. The van der Waals surface area contributed by atoms with Crippen molar-refractivity contribution in [2.75, 3.05) is 25.5 Å². The van der Waals surface area contributed by atoms with Crippen molar-refractivity contribution in [2.24, 2.45) is 0 Å². The SMILES string of the molecule is COc1ccc(NC(=O)[C@@H](C)N2CC=C(c3ccccc3)CC2)cc1Cl. The molecule has 0 aliphatic carbocycles. The fourth-order valence-electron chi connectivity index (χ4n) is 3.11. The molecule has 0 bridgehead atoms. The molecule has 0 fully saturated rings. The summed E-state index contributed by atoms with van der Waals surface area (Å²) in [5.74, 6) is 0.551. The van der Waals surface area contributed by atoms with Crippen LogP contribution < -0.4 is 10.1 Å². The molecule has 0 radical (unpaired) electrons. The van der Waals surface area contributed by atoms with Gasteiger partial charge in [0.15, 0.2) is 0 Å². The first-order valence-corrected chi connectivity index (χ1v) is 9.09. The number of carbonyl (C=O) groups excluding carboxylic acids is 1. The second kappa shape index (κ2) is 8.39. The lowest BCUT2D eigenvalue weighted by Crippen LogP contribution is -2.44. The lowest BCUT2D eigenvalue weighted by molar-refractivity contribution is -0.120. The average molecular weight is 371 g/mol. The number of nitrogens with one attached hydrogen (secondary N) is 1. The molecule has 3 rings (SSSR count). The summed E-state index contributed by atoms with van der Waals surface area (Å²) >= 11 is 6.12. The van der Waals surface area contributed by atoms with Gasteiger partial charge in [-0.2, -0.15) is 0 Å². The van der Waals surface area contributed by atoms with Gasteiger partial charge in [0, 0.05) is 18.8 Å². The third-order valence-corrected chi connectivity index (χ3v) is 5.03. The van der Waals surface area contributed by atoms with Crippen LogP contribution in [0.2, 0.25) is 5.02 Å². The number of carbonyl (C=O) groups is 1. The average Bonchev–Trinajstić information content (AvgIpc) is 2.68. The van der Waals surface area contributed by atoms with Crippen LogP contribution >= 0.6 is 11.6 Å². The largest absolute Gasteiger partial charge is 0.495 e. The predicted molar refractivity (Wildman–Crippen MR) is 107 cm³/mol. The van der Waals surface area contributed by atoms with Crippen LogP contribution in [-0.4, -0.2) is 37.0 Å². The standard InChI is InChI=1S/C21H23ClN2O2/c1-15(21(25)23-18-8-9-20(26-2)19(22)14-18)24-12-10-17(11-13-24)16-6-4-3-5-7-16/h3-10,14-15H,11-13H2,1-2H3,(H,23,25)/t15-/m1/s1. The Hall–Kier alpha value is -2.30. The maximum atomic E-state index is 12.6. The Bertz CT molecular complexity index is 805. The number of hydrogen-bond donors (Lipinski definition) is 1. The molecule has 1 aliphatic heterocycles. The Morgan fingerprint density at radius 1 is 1.23 bits per heavy atom. The van der Waals surface area contributed by atoms with Gasteiger partial charge in [-0.05, 0) is 42.7 Å². The van der Waals surface area contributed by atoms with Crippen molar-refractivity contribution in [2.45, 2.75) is 19.4 Å². The Morgan fingerprint density at radius 3 is 2.62 bits per heavy atom. The maximum absolute atomic E-state index is 12.6. The number of halogens is 1. The molecule has 1 aliphatic rings. The van der Waals surface area contributed by atoms with E-state index >= 15 is 0 Å². The second-order valence-corrected chi connectivity index (χ2v) is 6.76. The molecule has 5 heteroatoms. The highest BCUT2D eigenvalue weighted by Crippen LogP contribution is 2.28. The lowest BCUT2D eigenvalue weighted by Gasteiger charge is -2.31. The van der Waals surface area contributed by atoms with E-state index in [2.05, 4.69) is 40.6 Å². The smallest absolute Gasteiger partial charge is 0.241 e. The van der Waals surface area contributed by atoms with Gasteiger partial charge in [-0.15, -0.1) is 0 Å². The van der Waals surface area contributed by atoms with Crippen molar-refractivity contribution in [1.29, 1.82) is 0 Å². The van der Waals surface area contributed by atoms with E-state index < -0.39 is 0 Å². The van der Waals surface area contributed by atoms with Crippen LogP contribution in [0, 0.1) is 0 Å². The van der Waals surface area contributed by atoms with Gasteiger partial charge in [0.2, 0.25) is 5.91 Å². The molecular formula is C21H23ClN2O2. The number of ether oxygens (including phenoxy) is 1. The summed E-state index contributed by atoms with van der Waals surface area (Å²) in [6, 6.07) is 15.4. The summed E-state index contributed by atoms with van der Waals surface area (Å²) in [6.07, 6.45) is 3.16. The summed E-state index contributed by atoms with van der Waals surface area (Å²) in [5.41, 5.74) is 3.28. The first-order chi connectivity index (χ1) is 12.6. The van der Waals surface area contributed by atoms with E-state index in [0.29, 0.717) is 16.5 Å². The van der Waals surface area contributed by atoms with Gasteiger partial charge >= 0.3 is 0 Å². The Morgan fingerprint density at radius 2 is 2.00 bits per heavy atom. The zero-order chi connectivity index (χ0) is 18.5. The van der Waals surface area contributed by atoms with E-state index in [4.69, 9.17) is 16.3 Å². The van der Waals surface area contributed by atoms with Gasteiger partial charge < -0.3 is 10.1 Å². The highest BCUT2D eigenvalue weighted by atomic mass is 35.5. The van der Waals surface area contributed by atoms with E-state index in [0.717, 1.165) is 19.5 Å². The second-order valence-electron chi connectivity index (χ2n) is 6.35. The molecule has 2 aromatic rings. The van der Waals surface area contributed by atoms with Crippen LogP contribution in [0.1, 0.15) is 18.9 Å². The van der Waals surface area contributed by atoms with Gasteiger partial charge in [-0.3, -0.25) is 9.69 Å².